The molecule has 26 heavy (non-hydrogen) atoms. The number of primary amides is 1. The van der Waals surface area contributed by atoms with Crippen LogP contribution in [0, 0.1) is 13.8 Å². The lowest BCUT2D eigenvalue weighted by Crippen LogP contribution is -2.14. The molecule has 1 aliphatic heterocycles. The first-order chi connectivity index (χ1) is 12.5. The van der Waals surface area contributed by atoms with Crippen molar-refractivity contribution in [3.63, 3.8) is 0 Å². The lowest BCUT2D eigenvalue weighted by atomic mass is 10.2. The Hall–Kier alpha value is -2.94. The molecule has 1 aromatic carbocycles. The van der Waals surface area contributed by atoms with Crippen LogP contribution in [0.25, 0.3) is 5.69 Å². The van der Waals surface area contributed by atoms with Gasteiger partial charge >= 0.3 is 0 Å². The fourth-order valence-electron chi connectivity index (χ4n) is 2.84. The molecule has 0 unspecified atom stereocenters. The van der Waals surface area contributed by atoms with E-state index in [2.05, 4.69) is 15.1 Å². The van der Waals surface area contributed by atoms with Crippen LogP contribution in [0.4, 0.5) is 0 Å². The topological polar surface area (TPSA) is 105 Å². The number of fused-ring (bicyclic) bond motifs is 1. The van der Waals surface area contributed by atoms with Crippen molar-refractivity contribution in [1.82, 2.24) is 19.7 Å². The Balaban J connectivity index is 1.75. The van der Waals surface area contributed by atoms with Gasteiger partial charge < -0.3 is 15.2 Å². The number of rotatable bonds is 5. The van der Waals surface area contributed by atoms with Crippen LogP contribution in [-0.4, -0.2) is 32.4 Å². The molecule has 9 heteroatoms. The van der Waals surface area contributed by atoms with Gasteiger partial charge in [-0.25, -0.2) is 14.6 Å². The molecule has 1 aliphatic rings. The second kappa shape index (κ2) is 6.41. The normalized spacial score (nSPS) is 12.5. The lowest BCUT2D eigenvalue weighted by molar-refractivity contribution is -0.117. The van der Waals surface area contributed by atoms with E-state index in [1.165, 1.54) is 0 Å². The van der Waals surface area contributed by atoms with E-state index in [9.17, 15) is 4.79 Å². The van der Waals surface area contributed by atoms with Crippen molar-refractivity contribution in [3.05, 3.63) is 45.4 Å². The van der Waals surface area contributed by atoms with Gasteiger partial charge in [-0.2, -0.15) is 5.10 Å². The predicted molar refractivity (Wildman–Crippen MR) is 94.8 cm³/mol. The van der Waals surface area contributed by atoms with Crippen LogP contribution in [0.1, 0.15) is 27.2 Å². The second-order valence-electron chi connectivity index (χ2n) is 5.95. The minimum absolute atomic E-state index is 0.00868. The van der Waals surface area contributed by atoms with Gasteiger partial charge in [0, 0.05) is 17.4 Å². The van der Waals surface area contributed by atoms with E-state index in [-0.39, 0.29) is 13.2 Å². The summed E-state index contributed by atoms with van der Waals surface area (Å²) in [6.45, 7) is 4.15. The second-order valence-corrected chi connectivity index (χ2v) is 7.24. The molecule has 134 valence electrons. The van der Waals surface area contributed by atoms with Crippen molar-refractivity contribution in [2.75, 3.05) is 6.79 Å². The summed E-state index contributed by atoms with van der Waals surface area (Å²) in [5, 5.41) is 5.47. The van der Waals surface area contributed by atoms with Gasteiger partial charge in [0.2, 0.25) is 12.7 Å². The Morgan fingerprint density at radius 1 is 1.27 bits per heavy atom. The van der Waals surface area contributed by atoms with Crippen LogP contribution in [0.5, 0.6) is 11.5 Å². The third-order valence-corrected chi connectivity index (χ3v) is 5.04. The molecule has 0 atom stereocenters. The first-order valence-corrected chi connectivity index (χ1v) is 8.87. The van der Waals surface area contributed by atoms with Gasteiger partial charge in [0.25, 0.3) is 0 Å². The zero-order valence-electron chi connectivity index (χ0n) is 14.4. The van der Waals surface area contributed by atoms with Crippen molar-refractivity contribution in [2.24, 2.45) is 5.73 Å². The van der Waals surface area contributed by atoms with Crippen molar-refractivity contribution in [2.45, 2.75) is 26.7 Å². The number of carbonyl (C=O) groups is 1. The van der Waals surface area contributed by atoms with Gasteiger partial charge in [-0.1, -0.05) is 0 Å². The quantitative estimate of drug-likeness (QED) is 0.732. The summed E-state index contributed by atoms with van der Waals surface area (Å²) in [7, 11) is 0. The maximum atomic E-state index is 11.3. The number of carbonyl (C=O) groups excluding carboxylic acids is 1. The minimum atomic E-state index is -0.468. The van der Waals surface area contributed by atoms with Crippen LogP contribution < -0.4 is 15.2 Å². The smallest absolute Gasteiger partial charge is 0.231 e. The third-order valence-electron chi connectivity index (χ3n) is 3.97. The van der Waals surface area contributed by atoms with E-state index in [4.69, 9.17) is 15.2 Å². The summed E-state index contributed by atoms with van der Waals surface area (Å²) in [6.07, 6.45) is 0.558. The average molecular weight is 371 g/mol. The maximum absolute atomic E-state index is 11.3. The van der Waals surface area contributed by atoms with Gasteiger partial charge in [-0.3, -0.25) is 4.79 Å². The molecule has 8 nitrogen and oxygen atoms in total. The van der Waals surface area contributed by atoms with E-state index in [1.807, 2.05) is 32.0 Å². The molecular formula is C17H17N5O3S. The zero-order chi connectivity index (χ0) is 18.3. The number of ether oxygens (including phenoxy) is 2. The number of hydrogen-bond donors (Lipinski definition) is 1. The molecular weight excluding hydrogens is 354 g/mol. The van der Waals surface area contributed by atoms with E-state index in [1.54, 1.807) is 16.0 Å². The summed E-state index contributed by atoms with van der Waals surface area (Å²) in [4.78, 5) is 21.4. The molecule has 0 saturated carbocycles. The highest BCUT2D eigenvalue weighted by Crippen LogP contribution is 2.34. The largest absolute Gasteiger partial charge is 0.454 e. The Morgan fingerprint density at radius 3 is 2.81 bits per heavy atom. The van der Waals surface area contributed by atoms with Crippen molar-refractivity contribution in [3.8, 4) is 17.2 Å². The molecule has 0 spiro atoms. The summed E-state index contributed by atoms with van der Waals surface area (Å²) in [5.74, 6) is 1.99. The van der Waals surface area contributed by atoms with E-state index < -0.39 is 5.91 Å². The molecule has 2 aromatic heterocycles. The highest BCUT2D eigenvalue weighted by molar-refractivity contribution is 7.11. The highest BCUT2D eigenvalue weighted by Gasteiger charge is 2.19. The maximum Gasteiger partial charge on any atom is 0.231 e. The molecule has 2 N–H and O–H groups in total. The van der Waals surface area contributed by atoms with Crippen molar-refractivity contribution < 1.29 is 14.3 Å². The lowest BCUT2D eigenvalue weighted by Gasteiger charge is -2.06. The van der Waals surface area contributed by atoms with E-state index >= 15 is 0 Å². The number of thiazole rings is 1. The fraction of sp³-hybridized carbons (Fsp3) is 0.294. The number of nitrogens with two attached hydrogens (primary N) is 1. The molecule has 0 saturated heterocycles. The van der Waals surface area contributed by atoms with Crippen LogP contribution in [0.2, 0.25) is 0 Å². The Bertz CT molecular complexity index is 994. The van der Waals surface area contributed by atoms with Crippen LogP contribution in [0.3, 0.4) is 0 Å². The SMILES string of the molecule is Cc1nc(C)c(Cc2nc(CC(N)=O)nn2-c2ccc3c(c2)OCO3)s1. The summed E-state index contributed by atoms with van der Waals surface area (Å²) < 4.78 is 12.5. The van der Waals surface area contributed by atoms with Gasteiger partial charge in [-0.05, 0) is 26.0 Å². The number of hydrogen-bond acceptors (Lipinski definition) is 7. The van der Waals surface area contributed by atoms with Crippen LogP contribution in [0.15, 0.2) is 18.2 Å². The molecule has 0 aliphatic carbocycles. The molecule has 1 amide bonds. The number of benzene rings is 1. The average Bonchev–Trinajstić information content (AvgIpc) is 3.26. The first kappa shape index (κ1) is 16.5. The van der Waals surface area contributed by atoms with E-state index in [0.29, 0.717) is 29.6 Å². The predicted octanol–water partition coefficient (Wildman–Crippen LogP) is 1.69. The molecule has 0 radical (unpaired) electrons. The van der Waals surface area contributed by atoms with Crippen molar-refractivity contribution in [1.29, 1.82) is 0 Å². The molecule has 0 fully saturated rings. The standard InChI is InChI=1S/C17H17N5O3S/c1-9-14(26-10(2)19-9)6-17-20-16(7-15(18)23)21-22(17)11-3-4-12-13(5-11)25-8-24-12/h3-5H,6-8H2,1-2H3,(H2,18,23). The zero-order valence-corrected chi connectivity index (χ0v) is 15.2. The highest BCUT2D eigenvalue weighted by atomic mass is 32.1. The molecule has 3 heterocycles. The molecule has 4 rings (SSSR count). The van der Waals surface area contributed by atoms with Crippen LogP contribution >= 0.6 is 11.3 Å². The summed E-state index contributed by atoms with van der Waals surface area (Å²) in [6, 6.07) is 5.56. The molecule has 3 aromatic rings. The van der Waals surface area contributed by atoms with Crippen LogP contribution in [-0.2, 0) is 17.6 Å². The number of aryl methyl sites for hydroxylation is 2. The van der Waals surface area contributed by atoms with Gasteiger partial charge in [0.1, 0.15) is 5.82 Å². The van der Waals surface area contributed by atoms with Gasteiger partial charge in [-0.15, -0.1) is 11.3 Å². The Kier molecular flexibility index (Phi) is 4.08. The monoisotopic (exact) mass is 371 g/mol. The number of amides is 1. The van der Waals surface area contributed by atoms with E-state index in [0.717, 1.165) is 21.3 Å². The van der Waals surface area contributed by atoms with Crippen molar-refractivity contribution >= 4 is 17.2 Å². The Labute approximate surface area is 153 Å². The molecule has 0 bridgehead atoms. The third kappa shape index (κ3) is 3.13. The number of aromatic nitrogens is 4. The summed E-state index contributed by atoms with van der Waals surface area (Å²) >= 11 is 1.63. The Morgan fingerprint density at radius 2 is 2.08 bits per heavy atom. The summed E-state index contributed by atoms with van der Waals surface area (Å²) in [5.41, 5.74) is 7.06. The van der Waals surface area contributed by atoms with Gasteiger partial charge in [0.05, 0.1) is 22.8 Å². The minimum Gasteiger partial charge on any atom is -0.454 e. The number of nitrogens with zero attached hydrogens (tertiary/aromatic N) is 4. The fourth-order valence-corrected chi connectivity index (χ4v) is 3.78. The van der Waals surface area contributed by atoms with Gasteiger partial charge in [0.15, 0.2) is 17.3 Å². The first-order valence-electron chi connectivity index (χ1n) is 8.05.